The number of amides is 1. The van der Waals surface area contributed by atoms with Gasteiger partial charge in [0, 0.05) is 24.7 Å². The second kappa shape index (κ2) is 7.54. The number of hydrogen-bond donors (Lipinski definition) is 0. The Morgan fingerprint density at radius 2 is 1.84 bits per heavy atom. The lowest BCUT2D eigenvalue weighted by Gasteiger charge is -2.40. The molecule has 1 aromatic heterocycles. The van der Waals surface area contributed by atoms with E-state index in [0.717, 1.165) is 28.5 Å². The fraction of sp³-hybridized carbons (Fsp3) is 0.381. The summed E-state index contributed by atoms with van der Waals surface area (Å²) in [6, 6.07) is 9.35. The first kappa shape index (κ1) is 20.3. The van der Waals surface area contributed by atoms with Crippen molar-refractivity contribution in [3.8, 4) is 0 Å². The Bertz CT molecular complexity index is 1280. The fourth-order valence-electron chi connectivity index (χ4n) is 4.54. The Hall–Kier alpha value is -2.56. The van der Waals surface area contributed by atoms with Crippen LogP contribution in [0.5, 0.6) is 0 Å². The highest BCUT2D eigenvalue weighted by molar-refractivity contribution is 7.89. The molecule has 2 aromatic carbocycles. The van der Waals surface area contributed by atoms with Gasteiger partial charge in [-0.1, -0.05) is 24.3 Å². The first-order valence-corrected chi connectivity index (χ1v) is 12.3. The highest BCUT2D eigenvalue weighted by Crippen LogP contribution is 2.36. The molecule has 0 N–H and O–H groups in total. The Morgan fingerprint density at radius 1 is 1.06 bits per heavy atom. The quantitative estimate of drug-likeness (QED) is 0.595. The van der Waals surface area contributed by atoms with E-state index in [-0.39, 0.29) is 23.6 Å². The lowest BCUT2D eigenvalue weighted by Crippen LogP contribution is -2.50. The zero-order valence-electron chi connectivity index (χ0n) is 17.2. The summed E-state index contributed by atoms with van der Waals surface area (Å²) in [5.74, 6) is 0. The highest BCUT2D eigenvalue weighted by Gasteiger charge is 2.38. The predicted octanol–water partition coefficient (Wildman–Crippen LogP) is 3.62. The average Bonchev–Trinajstić information content (AvgIpc) is 3.22. The molecule has 3 heterocycles. The molecule has 0 atom stereocenters. The van der Waals surface area contributed by atoms with Gasteiger partial charge < -0.3 is 4.74 Å². The van der Waals surface area contributed by atoms with Crippen molar-refractivity contribution in [3.05, 3.63) is 47.0 Å². The summed E-state index contributed by atoms with van der Waals surface area (Å²) in [5.41, 5.74) is 4.57. The minimum Gasteiger partial charge on any atom is -0.444 e. The van der Waals surface area contributed by atoms with Crippen LogP contribution in [0.3, 0.4) is 0 Å². The zero-order chi connectivity index (χ0) is 21.8. The molecule has 0 saturated carbocycles. The van der Waals surface area contributed by atoms with Gasteiger partial charge in [0.2, 0.25) is 10.0 Å². The summed E-state index contributed by atoms with van der Waals surface area (Å²) in [7, 11) is -3.72. The smallest absolute Gasteiger partial charge is 0.414 e. The van der Waals surface area contributed by atoms with E-state index in [9.17, 15) is 13.2 Å². The van der Waals surface area contributed by atoms with Crippen molar-refractivity contribution in [3.63, 3.8) is 0 Å². The molecule has 31 heavy (non-hydrogen) atoms. The van der Waals surface area contributed by atoms with Gasteiger partial charge in [0.1, 0.15) is 22.5 Å². The van der Waals surface area contributed by atoms with Crippen LogP contribution in [0, 0.1) is 13.8 Å². The number of carbonyl (C=O) groups excluding carboxylic acids is 1. The van der Waals surface area contributed by atoms with Gasteiger partial charge in [-0.2, -0.15) is 13.1 Å². The number of para-hydroxylation sites is 1. The number of piperidine rings is 1. The van der Waals surface area contributed by atoms with Crippen LogP contribution in [-0.2, 0) is 21.4 Å². The molecule has 0 radical (unpaired) electrons. The second-order valence-electron chi connectivity index (χ2n) is 7.99. The topological polar surface area (TPSA) is 92.7 Å². The van der Waals surface area contributed by atoms with Crippen LogP contribution in [0.2, 0.25) is 0 Å². The van der Waals surface area contributed by atoms with Crippen molar-refractivity contribution >= 4 is 44.6 Å². The summed E-state index contributed by atoms with van der Waals surface area (Å²) < 4.78 is 42.2. The van der Waals surface area contributed by atoms with Crippen molar-refractivity contribution in [2.45, 2.75) is 44.2 Å². The molecular weight excluding hydrogens is 436 g/mol. The van der Waals surface area contributed by atoms with Gasteiger partial charge in [0.25, 0.3) is 0 Å². The lowest BCUT2D eigenvalue weighted by atomic mass is 10.00. The minimum atomic E-state index is -3.72. The maximum atomic E-state index is 13.5. The number of nitrogens with zero attached hydrogens (tertiary/aromatic N) is 4. The maximum Gasteiger partial charge on any atom is 0.414 e. The molecule has 0 spiro atoms. The summed E-state index contributed by atoms with van der Waals surface area (Å²) in [6.07, 6.45) is 0.705. The van der Waals surface area contributed by atoms with Gasteiger partial charge >= 0.3 is 6.09 Å². The third kappa shape index (κ3) is 3.29. The summed E-state index contributed by atoms with van der Waals surface area (Å²) in [4.78, 5) is 14.6. The molecule has 1 amide bonds. The number of rotatable bonds is 3. The number of benzene rings is 2. The highest BCUT2D eigenvalue weighted by atomic mass is 32.2. The van der Waals surface area contributed by atoms with Crippen molar-refractivity contribution in [2.24, 2.45) is 0 Å². The molecule has 0 unspecified atom stereocenters. The number of cyclic esters (lactones) is 1. The van der Waals surface area contributed by atoms with Gasteiger partial charge in [-0.15, -0.1) is 0 Å². The van der Waals surface area contributed by atoms with Crippen LogP contribution < -0.4 is 4.90 Å². The van der Waals surface area contributed by atoms with Crippen molar-refractivity contribution in [1.29, 1.82) is 0 Å². The molecule has 162 valence electrons. The largest absolute Gasteiger partial charge is 0.444 e. The van der Waals surface area contributed by atoms with Gasteiger partial charge in [-0.05, 0) is 43.9 Å². The number of hydrogen-bond acceptors (Lipinski definition) is 7. The van der Waals surface area contributed by atoms with E-state index in [0.29, 0.717) is 42.5 Å². The number of ether oxygens (including phenoxy) is 1. The number of carbonyl (C=O) groups is 1. The van der Waals surface area contributed by atoms with Gasteiger partial charge in [-0.25, -0.2) is 13.2 Å². The van der Waals surface area contributed by atoms with Crippen molar-refractivity contribution in [1.82, 2.24) is 13.1 Å². The summed E-state index contributed by atoms with van der Waals surface area (Å²) >= 11 is 1.01. The van der Waals surface area contributed by atoms with Crippen LogP contribution in [0.4, 0.5) is 10.5 Å². The monoisotopic (exact) mass is 458 g/mol. The van der Waals surface area contributed by atoms with Gasteiger partial charge in [0.05, 0.1) is 17.4 Å². The Kier molecular flexibility index (Phi) is 4.95. The molecule has 1 fully saturated rings. The molecule has 0 aliphatic carbocycles. The molecule has 0 bridgehead atoms. The number of fused-ring (bicyclic) bond motifs is 2. The van der Waals surface area contributed by atoms with E-state index < -0.39 is 10.0 Å². The van der Waals surface area contributed by atoms with E-state index in [4.69, 9.17) is 4.74 Å². The van der Waals surface area contributed by atoms with E-state index in [2.05, 4.69) is 8.75 Å². The summed E-state index contributed by atoms with van der Waals surface area (Å²) in [6.45, 7) is 4.68. The van der Waals surface area contributed by atoms with Crippen molar-refractivity contribution in [2.75, 3.05) is 18.0 Å². The van der Waals surface area contributed by atoms with E-state index >= 15 is 0 Å². The van der Waals surface area contributed by atoms with Crippen molar-refractivity contribution < 1.29 is 17.9 Å². The third-order valence-electron chi connectivity index (χ3n) is 6.07. The zero-order valence-corrected chi connectivity index (χ0v) is 18.9. The predicted molar refractivity (Wildman–Crippen MR) is 118 cm³/mol. The number of sulfonamides is 1. The molecule has 3 aromatic rings. The van der Waals surface area contributed by atoms with Crippen LogP contribution in [0.1, 0.15) is 29.5 Å². The standard InChI is InChI=1S/C21H22N4O4S2/c1-13-4-3-5-15-12-29-21(26)25(19(13)15)16-8-10-24(11-9-16)31(27,28)20-14(2)6-7-17-18(20)23-30-22-17/h3-7,16H,8-12H2,1-2H3. The molecular formula is C21H22N4O4S2. The Morgan fingerprint density at radius 3 is 2.61 bits per heavy atom. The van der Waals surface area contributed by atoms with Crippen LogP contribution in [-0.4, -0.2) is 46.7 Å². The van der Waals surface area contributed by atoms with Gasteiger partial charge in [0.15, 0.2) is 0 Å². The number of anilines is 1. The maximum absolute atomic E-state index is 13.5. The van der Waals surface area contributed by atoms with E-state index in [1.54, 1.807) is 24.0 Å². The van der Waals surface area contributed by atoms with E-state index in [1.165, 1.54) is 4.31 Å². The molecule has 5 rings (SSSR count). The lowest BCUT2D eigenvalue weighted by molar-refractivity contribution is 0.135. The average molecular weight is 459 g/mol. The van der Waals surface area contributed by atoms with Crippen LogP contribution >= 0.6 is 11.7 Å². The first-order chi connectivity index (χ1) is 14.9. The Balaban J connectivity index is 1.42. The summed E-state index contributed by atoms with van der Waals surface area (Å²) in [5, 5.41) is 0. The minimum absolute atomic E-state index is 0.114. The molecule has 10 heteroatoms. The Labute approximate surface area is 184 Å². The molecule has 2 aliphatic rings. The molecule has 1 saturated heterocycles. The number of aromatic nitrogens is 2. The fourth-order valence-corrected chi connectivity index (χ4v) is 6.96. The molecule has 2 aliphatic heterocycles. The molecule has 8 nitrogen and oxygen atoms in total. The SMILES string of the molecule is Cc1cccc2c1N(C1CCN(S(=O)(=O)c3c(C)ccc4nsnc34)CC1)C(=O)OC2. The third-order valence-corrected chi connectivity index (χ3v) is 8.69. The van der Waals surface area contributed by atoms with Crippen LogP contribution in [0.15, 0.2) is 35.2 Å². The second-order valence-corrected chi connectivity index (χ2v) is 10.4. The normalized spacial score (nSPS) is 18.3. The van der Waals surface area contributed by atoms with Gasteiger partial charge in [-0.3, -0.25) is 4.90 Å². The van der Waals surface area contributed by atoms with E-state index in [1.807, 2.05) is 25.1 Å². The number of aryl methyl sites for hydroxylation is 2. The van der Waals surface area contributed by atoms with Crippen LogP contribution in [0.25, 0.3) is 11.0 Å². The first-order valence-electron chi connectivity index (χ1n) is 10.1.